The van der Waals surface area contributed by atoms with E-state index in [0.717, 1.165) is 18.7 Å². The Balaban J connectivity index is 2.18. The molecule has 0 saturated carbocycles. The fourth-order valence-corrected chi connectivity index (χ4v) is 2.58. The van der Waals surface area contributed by atoms with Crippen LogP contribution in [0.4, 0.5) is 5.69 Å². The maximum Gasteiger partial charge on any atom is 0.338 e. The standard InChI is InChI=1S/C21H33NO4/c1-3-5-6-7-8-9-10-16-22-19-13-11-18(12-14-19)21(24)26-17-15-20(23)25-4-2/h11-14,22H,3-10,15-17H2,1-2H3. The summed E-state index contributed by atoms with van der Waals surface area (Å²) in [6, 6.07) is 7.23. The summed E-state index contributed by atoms with van der Waals surface area (Å²) in [5.74, 6) is -0.780. The first-order chi connectivity index (χ1) is 12.7. The molecule has 0 radical (unpaired) electrons. The van der Waals surface area contributed by atoms with Crippen LogP contribution in [0.3, 0.4) is 0 Å². The highest BCUT2D eigenvalue weighted by Gasteiger charge is 2.09. The molecule has 0 bridgehead atoms. The minimum atomic E-state index is -0.423. The number of carbonyl (C=O) groups excluding carboxylic acids is 2. The van der Waals surface area contributed by atoms with Gasteiger partial charge in [0.15, 0.2) is 0 Å². The molecule has 0 heterocycles. The van der Waals surface area contributed by atoms with Gasteiger partial charge in [-0.05, 0) is 37.6 Å². The van der Waals surface area contributed by atoms with E-state index in [0.29, 0.717) is 12.2 Å². The zero-order valence-electron chi connectivity index (χ0n) is 16.2. The van der Waals surface area contributed by atoms with Crippen molar-refractivity contribution in [1.29, 1.82) is 0 Å². The monoisotopic (exact) mass is 363 g/mol. The smallest absolute Gasteiger partial charge is 0.338 e. The van der Waals surface area contributed by atoms with Gasteiger partial charge in [-0.1, -0.05) is 45.4 Å². The Labute approximate surface area is 157 Å². The van der Waals surface area contributed by atoms with Gasteiger partial charge in [0.1, 0.15) is 6.61 Å². The molecule has 5 heteroatoms. The van der Waals surface area contributed by atoms with E-state index in [1.807, 2.05) is 12.1 Å². The summed E-state index contributed by atoms with van der Waals surface area (Å²) in [5, 5.41) is 3.37. The molecule has 0 saturated heterocycles. The van der Waals surface area contributed by atoms with Crippen LogP contribution in [-0.2, 0) is 14.3 Å². The Morgan fingerprint density at radius 3 is 2.19 bits per heavy atom. The van der Waals surface area contributed by atoms with Gasteiger partial charge in [0, 0.05) is 12.2 Å². The first-order valence-electron chi connectivity index (χ1n) is 9.84. The predicted molar refractivity (Wildman–Crippen MR) is 104 cm³/mol. The third-order valence-electron chi connectivity index (χ3n) is 4.07. The van der Waals surface area contributed by atoms with Crippen LogP contribution >= 0.6 is 0 Å². The van der Waals surface area contributed by atoms with Gasteiger partial charge in [0.05, 0.1) is 18.6 Å². The molecule has 1 rings (SSSR count). The molecule has 0 spiro atoms. The predicted octanol–water partition coefficient (Wildman–Crippen LogP) is 4.96. The highest BCUT2D eigenvalue weighted by Crippen LogP contribution is 2.12. The van der Waals surface area contributed by atoms with Gasteiger partial charge in [-0.3, -0.25) is 4.79 Å². The van der Waals surface area contributed by atoms with Crippen molar-refractivity contribution in [3.05, 3.63) is 29.8 Å². The van der Waals surface area contributed by atoms with Crippen LogP contribution in [0, 0.1) is 0 Å². The number of benzene rings is 1. The lowest BCUT2D eigenvalue weighted by Gasteiger charge is -2.08. The van der Waals surface area contributed by atoms with Crippen molar-refractivity contribution in [2.24, 2.45) is 0 Å². The van der Waals surface area contributed by atoms with Gasteiger partial charge in [0.25, 0.3) is 0 Å². The molecule has 5 nitrogen and oxygen atoms in total. The number of carbonyl (C=O) groups is 2. The van der Waals surface area contributed by atoms with Crippen LogP contribution in [0.15, 0.2) is 24.3 Å². The second-order valence-electron chi connectivity index (χ2n) is 6.32. The van der Waals surface area contributed by atoms with E-state index in [1.165, 1.54) is 38.5 Å². The quantitative estimate of drug-likeness (QED) is 0.374. The maximum absolute atomic E-state index is 11.9. The summed E-state index contributed by atoms with van der Waals surface area (Å²) in [4.78, 5) is 23.1. The number of hydrogen-bond donors (Lipinski definition) is 1. The van der Waals surface area contributed by atoms with E-state index in [2.05, 4.69) is 12.2 Å². The zero-order valence-corrected chi connectivity index (χ0v) is 16.2. The molecule has 146 valence electrons. The van der Waals surface area contributed by atoms with Crippen LogP contribution in [0.2, 0.25) is 0 Å². The van der Waals surface area contributed by atoms with E-state index in [1.54, 1.807) is 19.1 Å². The molecule has 26 heavy (non-hydrogen) atoms. The summed E-state index contributed by atoms with van der Waals surface area (Å²) in [5.41, 5.74) is 1.48. The minimum Gasteiger partial charge on any atom is -0.466 e. The molecule has 0 amide bonds. The zero-order chi connectivity index (χ0) is 19.0. The lowest BCUT2D eigenvalue weighted by molar-refractivity contribution is -0.143. The molecule has 0 aromatic heterocycles. The summed E-state index contributed by atoms with van der Waals surface area (Å²) in [7, 11) is 0. The first kappa shape index (κ1) is 22.0. The molecule has 0 aliphatic carbocycles. The Kier molecular flexibility index (Phi) is 12.0. The molecule has 0 atom stereocenters. The molecule has 1 aromatic rings. The van der Waals surface area contributed by atoms with Gasteiger partial charge in [-0.2, -0.15) is 0 Å². The fourth-order valence-electron chi connectivity index (χ4n) is 2.58. The van der Waals surface area contributed by atoms with Gasteiger partial charge >= 0.3 is 11.9 Å². The summed E-state index contributed by atoms with van der Waals surface area (Å²) in [6.45, 7) is 5.29. The topological polar surface area (TPSA) is 64.6 Å². The normalized spacial score (nSPS) is 10.4. The van der Waals surface area contributed by atoms with Crippen molar-refractivity contribution < 1.29 is 19.1 Å². The SMILES string of the molecule is CCCCCCCCCNc1ccc(C(=O)OCCC(=O)OCC)cc1. The maximum atomic E-state index is 11.9. The van der Waals surface area contributed by atoms with Crippen LogP contribution in [0.1, 0.15) is 75.6 Å². The Morgan fingerprint density at radius 2 is 1.54 bits per heavy atom. The number of rotatable bonds is 14. The fraction of sp³-hybridized carbons (Fsp3) is 0.619. The molecule has 1 aromatic carbocycles. The second-order valence-corrected chi connectivity index (χ2v) is 6.32. The van der Waals surface area contributed by atoms with Crippen molar-refractivity contribution >= 4 is 17.6 Å². The van der Waals surface area contributed by atoms with E-state index in [9.17, 15) is 9.59 Å². The number of ether oxygens (including phenoxy) is 2. The number of esters is 2. The molecule has 0 aliphatic rings. The van der Waals surface area contributed by atoms with Crippen LogP contribution in [-0.4, -0.2) is 31.7 Å². The highest BCUT2D eigenvalue weighted by atomic mass is 16.5. The molecule has 0 fully saturated rings. The van der Waals surface area contributed by atoms with Crippen molar-refractivity contribution in [2.75, 3.05) is 25.1 Å². The van der Waals surface area contributed by atoms with Crippen LogP contribution in [0.5, 0.6) is 0 Å². The number of nitrogens with one attached hydrogen (secondary N) is 1. The molecule has 0 aliphatic heterocycles. The third kappa shape index (κ3) is 10.1. The van der Waals surface area contributed by atoms with Gasteiger partial charge in [-0.15, -0.1) is 0 Å². The summed E-state index contributed by atoms with van der Waals surface area (Å²) in [6.07, 6.45) is 9.11. The van der Waals surface area contributed by atoms with E-state index < -0.39 is 5.97 Å². The molecule has 0 unspecified atom stereocenters. The van der Waals surface area contributed by atoms with Gasteiger partial charge in [-0.25, -0.2) is 4.79 Å². The van der Waals surface area contributed by atoms with Crippen LogP contribution in [0.25, 0.3) is 0 Å². The Bertz CT molecular complexity index is 513. The van der Waals surface area contributed by atoms with E-state index >= 15 is 0 Å². The average Bonchev–Trinajstić information content (AvgIpc) is 2.64. The van der Waals surface area contributed by atoms with Crippen molar-refractivity contribution in [3.63, 3.8) is 0 Å². The average molecular weight is 363 g/mol. The molecular formula is C21H33NO4. The van der Waals surface area contributed by atoms with Crippen molar-refractivity contribution in [1.82, 2.24) is 0 Å². The van der Waals surface area contributed by atoms with Crippen molar-refractivity contribution in [2.45, 2.75) is 65.2 Å². The minimum absolute atomic E-state index is 0.0376. The summed E-state index contributed by atoms with van der Waals surface area (Å²) < 4.78 is 9.86. The molecular weight excluding hydrogens is 330 g/mol. The van der Waals surface area contributed by atoms with Gasteiger partial charge < -0.3 is 14.8 Å². The van der Waals surface area contributed by atoms with E-state index in [4.69, 9.17) is 9.47 Å². The number of hydrogen-bond acceptors (Lipinski definition) is 5. The second kappa shape index (κ2) is 14.2. The van der Waals surface area contributed by atoms with Gasteiger partial charge in [0.2, 0.25) is 0 Å². The Hall–Kier alpha value is -2.04. The number of unbranched alkanes of at least 4 members (excludes halogenated alkanes) is 6. The lowest BCUT2D eigenvalue weighted by atomic mass is 10.1. The summed E-state index contributed by atoms with van der Waals surface area (Å²) >= 11 is 0. The van der Waals surface area contributed by atoms with E-state index in [-0.39, 0.29) is 19.0 Å². The third-order valence-corrected chi connectivity index (χ3v) is 4.07. The largest absolute Gasteiger partial charge is 0.466 e. The highest BCUT2D eigenvalue weighted by molar-refractivity contribution is 5.89. The molecule has 1 N–H and O–H groups in total. The Morgan fingerprint density at radius 1 is 0.885 bits per heavy atom. The lowest BCUT2D eigenvalue weighted by Crippen LogP contribution is -2.12. The van der Waals surface area contributed by atoms with Crippen molar-refractivity contribution in [3.8, 4) is 0 Å². The van der Waals surface area contributed by atoms with Crippen LogP contribution < -0.4 is 5.32 Å². The number of anilines is 1. The first-order valence-corrected chi connectivity index (χ1v) is 9.84.